The first kappa shape index (κ1) is 12.0. The van der Waals surface area contributed by atoms with E-state index in [0.29, 0.717) is 6.54 Å². The number of carbonyl (C=O) groups excluding carboxylic acids is 1. The summed E-state index contributed by atoms with van der Waals surface area (Å²) in [6.07, 6.45) is 1.10. The molecule has 0 radical (unpaired) electrons. The number of carboxylic acids is 1. The van der Waals surface area contributed by atoms with E-state index in [2.05, 4.69) is 0 Å². The molecule has 1 fully saturated rings. The van der Waals surface area contributed by atoms with E-state index in [1.165, 1.54) is 6.07 Å². The van der Waals surface area contributed by atoms with E-state index in [1.54, 1.807) is 4.90 Å². The smallest absolute Gasteiger partial charge is 0.338 e. The van der Waals surface area contributed by atoms with E-state index in [-0.39, 0.29) is 23.3 Å². The van der Waals surface area contributed by atoms with Crippen LogP contribution >= 0.6 is 11.8 Å². The minimum Gasteiger partial charge on any atom is -0.478 e. The molecule has 0 spiro atoms. The van der Waals surface area contributed by atoms with E-state index in [1.807, 2.05) is 18.7 Å². The van der Waals surface area contributed by atoms with Gasteiger partial charge < -0.3 is 14.4 Å². The maximum atomic E-state index is 12.1. The monoisotopic (exact) mass is 255 g/mol. The lowest BCUT2D eigenvalue weighted by molar-refractivity contribution is 0.0678. The maximum absolute atomic E-state index is 12.1. The Balaban J connectivity index is 2.15. The molecule has 0 bridgehead atoms. The molecule has 1 aliphatic heterocycles. The van der Waals surface area contributed by atoms with Gasteiger partial charge in [0.05, 0.1) is 5.56 Å². The molecule has 6 heteroatoms. The molecule has 5 nitrogen and oxygen atoms in total. The van der Waals surface area contributed by atoms with E-state index in [9.17, 15) is 9.59 Å². The molecular weight excluding hydrogens is 242 g/mol. The van der Waals surface area contributed by atoms with Gasteiger partial charge in [-0.15, -0.1) is 0 Å². The molecule has 2 heterocycles. The Labute approximate surface area is 103 Å². The Bertz CT molecular complexity index is 442. The fourth-order valence-electron chi connectivity index (χ4n) is 1.73. The second-order valence-electron chi connectivity index (χ2n) is 3.93. The van der Waals surface area contributed by atoms with Crippen molar-refractivity contribution in [2.75, 3.05) is 18.1 Å². The number of thioether (sulfide) groups is 1. The number of carboxylic acid groups (broad SMARTS) is 1. The molecule has 17 heavy (non-hydrogen) atoms. The van der Waals surface area contributed by atoms with E-state index >= 15 is 0 Å². The summed E-state index contributed by atoms with van der Waals surface area (Å²) >= 11 is 1.81. The first-order chi connectivity index (χ1) is 8.09. The summed E-state index contributed by atoms with van der Waals surface area (Å²) in [6.45, 7) is 2.65. The molecule has 0 saturated carbocycles. The van der Waals surface area contributed by atoms with Crippen molar-refractivity contribution >= 4 is 23.6 Å². The van der Waals surface area contributed by atoms with E-state index in [4.69, 9.17) is 9.52 Å². The standard InChI is InChI=1S/C11H13NO4S/c1-7-6-17-3-2-12(7)10(13)9-4-8(5-16-9)11(14)15/h4-5,7H,2-3,6H2,1H3,(H,14,15). The topological polar surface area (TPSA) is 70.8 Å². The quantitative estimate of drug-likeness (QED) is 0.868. The number of nitrogens with zero attached hydrogens (tertiary/aromatic N) is 1. The predicted octanol–water partition coefficient (Wildman–Crippen LogP) is 1.56. The fraction of sp³-hybridized carbons (Fsp3) is 0.455. The van der Waals surface area contributed by atoms with Crippen LogP contribution in [-0.2, 0) is 0 Å². The van der Waals surface area contributed by atoms with Crippen molar-refractivity contribution in [2.45, 2.75) is 13.0 Å². The fourth-order valence-corrected chi connectivity index (χ4v) is 2.74. The van der Waals surface area contributed by atoms with Gasteiger partial charge >= 0.3 is 5.97 Å². The molecule has 1 aliphatic rings. The average Bonchev–Trinajstić information content (AvgIpc) is 2.78. The van der Waals surface area contributed by atoms with Gasteiger partial charge in [0.25, 0.3) is 5.91 Å². The van der Waals surface area contributed by atoms with Crippen LogP contribution in [0, 0.1) is 0 Å². The summed E-state index contributed by atoms with van der Waals surface area (Å²) in [6, 6.07) is 1.43. The summed E-state index contributed by atoms with van der Waals surface area (Å²) in [5, 5.41) is 8.75. The number of furan rings is 1. The molecule has 1 aromatic heterocycles. The molecule has 2 rings (SSSR count). The van der Waals surface area contributed by atoms with Crippen LogP contribution in [0.15, 0.2) is 16.7 Å². The number of hydrogen-bond donors (Lipinski definition) is 1. The minimum atomic E-state index is -1.09. The number of hydrogen-bond acceptors (Lipinski definition) is 4. The van der Waals surface area contributed by atoms with Crippen molar-refractivity contribution in [1.29, 1.82) is 0 Å². The van der Waals surface area contributed by atoms with Gasteiger partial charge in [0, 0.05) is 30.2 Å². The van der Waals surface area contributed by atoms with E-state index < -0.39 is 5.97 Å². The van der Waals surface area contributed by atoms with Crippen molar-refractivity contribution < 1.29 is 19.1 Å². The third-order valence-electron chi connectivity index (χ3n) is 2.69. The number of carbonyl (C=O) groups is 2. The molecule has 1 atom stereocenters. The zero-order chi connectivity index (χ0) is 12.4. The van der Waals surface area contributed by atoms with Crippen LogP contribution in [0.25, 0.3) is 0 Å². The molecule has 0 aromatic carbocycles. The van der Waals surface area contributed by atoms with Gasteiger partial charge in [-0.25, -0.2) is 4.79 Å². The van der Waals surface area contributed by atoms with Crippen molar-refractivity contribution in [3.05, 3.63) is 23.7 Å². The van der Waals surface area contributed by atoms with Gasteiger partial charge in [-0.2, -0.15) is 11.8 Å². The van der Waals surface area contributed by atoms with Crippen LogP contribution in [0.3, 0.4) is 0 Å². The van der Waals surface area contributed by atoms with Crippen LogP contribution in [0.5, 0.6) is 0 Å². The Morgan fingerprint density at radius 2 is 2.35 bits per heavy atom. The summed E-state index contributed by atoms with van der Waals surface area (Å²) in [7, 11) is 0. The van der Waals surface area contributed by atoms with Crippen molar-refractivity contribution in [2.24, 2.45) is 0 Å². The second kappa shape index (κ2) is 4.83. The van der Waals surface area contributed by atoms with Gasteiger partial charge in [0.2, 0.25) is 0 Å². The zero-order valence-corrected chi connectivity index (χ0v) is 10.2. The highest BCUT2D eigenvalue weighted by Gasteiger charge is 2.27. The highest BCUT2D eigenvalue weighted by atomic mass is 32.2. The Morgan fingerprint density at radius 1 is 1.59 bits per heavy atom. The summed E-state index contributed by atoms with van der Waals surface area (Å²) in [4.78, 5) is 24.5. The third-order valence-corrected chi connectivity index (χ3v) is 3.88. The molecule has 1 unspecified atom stereocenters. The summed E-state index contributed by atoms with van der Waals surface area (Å²) < 4.78 is 5.01. The van der Waals surface area contributed by atoms with Gasteiger partial charge in [-0.1, -0.05) is 0 Å². The molecule has 0 aliphatic carbocycles. The van der Waals surface area contributed by atoms with Gasteiger partial charge in [-0.05, 0) is 6.92 Å². The van der Waals surface area contributed by atoms with Crippen molar-refractivity contribution in [3.63, 3.8) is 0 Å². The van der Waals surface area contributed by atoms with Gasteiger partial charge in [0.1, 0.15) is 6.26 Å². The van der Waals surface area contributed by atoms with Gasteiger partial charge in [0.15, 0.2) is 5.76 Å². The van der Waals surface area contributed by atoms with Crippen LogP contribution in [0.4, 0.5) is 0 Å². The van der Waals surface area contributed by atoms with Crippen LogP contribution in [0.1, 0.15) is 27.8 Å². The lowest BCUT2D eigenvalue weighted by Gasteiger charge is -2.32. The summed E-state index contributed by atoms with van der Waals surface area (Å²) in [5.41, 5.74) is 0.00684. The van der Waals surface area contributed by atoms with Crippen LogP contribution in [-0.4, -0.2) is 46.0 Å². The third kappa shape index (κ3) is 2.46. The molecule has 1 aromatic rings. The number of aromatic carboxylic acids is 1. The average molecular weight is 255 g/mol. The normalized spacial score (nSPS) is 20.3. The lowest BCUT2D eigenvalue weighted by atomic mass is 10.2. The van der Waals surface area contributed by atoms with Crippen molar-refractivity contribution in [1.82, 2.24) is 4.90 Å². The highest BCUT2D eigenvalue weighted by molar-refractivity contribution is 7.99. The molecule has 92 valence electrons. The molecule has 1 N–H and O–H groups in total. The second-order valence-corrected chi connectivity index (χ2v) is 5.08. The van der Waals surface area contributed by atoms with Crippen LogP contribution < -0.4 is 0 Å². The largest absolute Gasteiger partial charge is 0.478 e. The Hall–Kier alpha value is -1.43. The van der Waals surface area contributed by atoms with Crippen LogP contribution in [0.2, 0.25) is 0 Å². The number of rotatable bonds is 2. The zero-order valence-electron chi connectivity index (χ0n) is 9.38. The first-order valence-corrected chi connectivity index (χ1v) is 6.45. The molecular formula is C11H13NO4S. The van der Waals surface area contributed by atoms with Crippen molar-refractivity contribution in [3.8, 4) is 0 Å². The predicted molar refractivity (Wildman–Crippen MR) is 63.5 cm³/mol. The summed E-state index contributed by atoms with van der Waals surface area (Å²) in [5.74, 6) is 0.586. The van der Waals surface area contributed by atoms with E-state index in [0.717, 1.165) is 17.8 Å². The minimum absolute atomic E-state index is 0.00684. The Kier molecular flexibility index (Phi) is 3.42. The van der Waals surface area contributed by atoms with Gasteiger partial charge in [-0.3, -0.25) is 4.79 Å². The molecule has 1 saturated heterocycles. The Morgan fingerprint density at radius 3 is 2.94 bits per heavy atom. The first-order valence-electron chi connectivity index (χ1n) is 5.30. The lowest BCUT2D eigenvalue weighted by Crippen LogP contribution is -2.44. The SMILES string of the molecule is CC1CSCCN1C(=O)c1cc(C(=O)O)co1. The maximum Gasteiger partial charge on any atom is 0.338 e. The number of amides is 1. The molecule has 1 amide bonds. The highest BCUT2D eigenvalue weighted by Crippen LogP contribution is 2.19.